The zero-order valence-electron chi connectivity index (χ0n) is 17.2. The van der Waals surface area contributed by atoms with Crippen LogP contribution in [0.15, 0.2) is 24.3 Å². The van der Waals surface area contributed by atoms with Gasteiger partial charge in [0, 0.05) is 18.4 Å². The Kier molecular flexibility index (Phi) is 12.3. The van der Waals surface area contributed by atoms with Gasteiger partial charge in [0.1, 0.15) is 0 Å². The molecule has 4 unspecified atom stereocenters. The summed E-state index contributed by atoms with van der Waals surface area (Å²) in [5, 5.41) is 40.9. The van der Waals surface area contributed by atoms with Crippen LogP contribution in [0.2, 0.25) is 0 Å². The van der Waals surface area contributed by atoms with E-state index in [0.29, 0.717) is 32.3 Å². The van der Waals surface area contributed by atoms with Crippen molar-refractivity contribution in [2.75, 3.05) is 6.61 Å². The SMILES string of the molecule is CCCCCC(O)C=C[C@H]1C(O)CC(O)[C@@H]1CC(O)CCC=CC(=O)OCC. The molecule has 1 aliphatic rings. The van der Waals surface area contributed by atoms with E-state index in [1.165, 1.54) is 6.08 Å². The van der Waals surface area contributed by atoms with Gasteiger partial charge in [-0.2, -0.15) is 0 Å². The van der Waals surface area contributed by atoms with Crippen molar-refractivity contribution >= 4 is 5.97 Å². The molecule has 0 aliphatic heterocycles. The Morgan fingerprint density at radius 2 is 1.89 bits per heavy atom. The van der Waals surface area contributed by atoms with Gasteiger partial charge in [-0.3, -0.25) is 0 Å². The molecule has 0 amide bonds. The average Bonchev–Trinajstić information content (AvgIpc) is 2.90. The van der Waals surface area contributed by atoms with Gasteiger partial charge >= 0.3 is 5.97 Å². The van der Waals surface area contributed by atoms with Crippen molar-refractivity contribution in [1.29, 1.82) is 0 Å². The first-order valence-corrected chi connectivity index (χ1v) is 10.6. The van der Waals surface area contributed by atoms with E-state index >= 15 is 0 Å². The van der Waals surface area contributed by atoms with Crippen molar-refractivity contribution in [3.8, 4) is 0 Å². The predicted octanol–water partition coefficient (Wildman–Crippen LogP) is 2.49. The van der Waals surface area contributed by atoms with Crippen molar-refractivity contribution in [1.82, 2.24) is 0 Å². The fraction of sp³-hybridized carbons (Fsp3) is 0.773. The van der Waals surface area contributed by atoms with Gasteiger partial charge in [-0.1, -0.05) is 44.4 Å². The molecule has 162 valence electrons. The second kappa shape index (κ2) is 13.9. The first-order valence-electron chi connectivity index (χ1n) is 10.6. The van der Waals surface area contributed by atoms with Crippen LogP contribution in [0.1, 0.15) is 65.2 Å². The lowest BCUT2D eigenvalue weighted by Crippen LogP contribution is -2.25. The molecule has 0 aromatic heterocycles. The number of unbranched alkanes of at least 4 members (excludes halogenated alkanes) is 2. The van der Waals surface area contributed by atoms with Crippen molar-refractivity contribution < 1.29 is 30.0 Å². The van der Waals surface area contributed by atoms with Gasteiger partial charge in [-0.15, -0.1) is 0 Å². The van der Waals surface area contributed by atoms with Crippen LogP contribution in [-0.2, 0) is 9.53 Å². The van der Waals surface area contributed by atoms with Crippen molar-refractivity contribution in [3.05, 3.63) is 24.3 Å². The highest BCUT2D eigenvalue weighted by Gasteiger charge is 2.40. The molecule has 1 saturated carbocycles. The molecule has 4 N–H and O–H groups in total. The second-order valence-electron chi connectivity index (χ2n) is 7.68. The Morgan fingerprint density at radius 1 is 1.14 bits per heavy atom. The third-order valence-corrected chi connectivity index (χ3v) is 5.33. The van der Waals surface area contributed by atoms with Crippen molar-refractivity contribution in [3.63, 3.8) is 0 Å². The van der Waals surface area contributed by atoms with E-state index < -0.39 is 30.4 Å². The van der Waals surface area contributed by atoms with Crippen LogP contribution in [-0.4, -0.2) is 57.4 Å². The quantitative estimate of drug-likeness (QED) is 0.164. The number of hydrogen-bond acceptors (Lipinski definition) is 6. The van der Waals surface area contributed by atoms with E-state index in [0.717, 1.165) is 19.3 Å². The fourth-order valence-electron chi connectivity index (χ4n) is 3.75. The smallest absolute Gasteiger partial charge is 0.330 e. The lowest BCUT2D eigenvalue weighted by Gasteiger charge is -2.23. The van der Waals surface area contributed by atoms with Gasteiger partial charge in [0.2, 0.25) is 0 Å². The summed E-state index contributed by atoms with van der Waals surface area (Å²) in [5.74, 6) is -0.923. The number of aliphatic hydroxyl groups is 4. The fourth-order valence-corrected chi connectivity index (χ4v) is 3.75. The molecule has 0 bridgehead atoms. The van der Waals surface area contributed by atoms with Crippen LogP contribution >= 0.6 is 0 Å². The normalized spacial score (nSPS) is 27.5. The van der Waals surface area contributed by atoms with Gasteiger partial charge in [-0.05, 0) is 38.5 Å². The summed E-state index contributed by atoms with van der Waals surface area (Å²) in [4.78, 5) is 11.2. The highest BCUT2D eigenvalue weighted by atomic mass is 16.5. The molecule has 1 aliphatic carbocycles. The molecule has 0 radical (unpaired) electrons. The van der Waals surface area contributed by atoms with Crippen LogP contribution in [0, 0.1) is 11.8 Å². The number of hydrogen-bond donors (Lipinski definition) is 4. The number of rotatable bonds is 13. The lowest BCUT2D eigenvalue weighted by atomic mass is 9.87. The minimum absolute atomic E-state index is 0.252. The number of carbonyl (C=O) groups excluding carboxylic acids is 1. The van der Waals surface area contributed by atoms with E-state index in [1.54, 1.807) is 25.2 Å². The minimum atomic E-state index is -0.674. The van der Waals surface area contributed by atoms with Crippen molar-refractivity contribution in [2.24, 2.45) is 11.8 Å². The average molecular weight is 399 g/mol. The third kappa shape index (κ3) is 9.32. The zero-order valence-corrected chi connectivity index (χ0v) is 17.2. The number of ether oxygens (including phenoxy) is 1. The summed E-state index contributed by atoms with van der Waals surface area (Å²) in [7, 11) is 0. The Bertz CT molecular complexity index is 489. The van der Waals surface area contributed by atoms with Gasteiger partial charge < -0.3 is 25.2 Å². The zero-order chi connectivity index (χ0) is 20.9. The number of esters is 1. The second-order valence-corrected chi connectivity index (χ2v) is 7.68. The first-order chi connectivity index (χ1) is 13.4. The van der Waals surface area contributed by atoms with Crippen LogP contribution in [0.25, 0.3) is 0 Å². The van der Waals surface area contributed by atoms with Gasteiger partial charge in [-0.25, -0.2) is 4.79 Å². The minimum Gasteiger partial charge on any atom is -0.463 e. The van der Waals surface area contributed by atoms with Crippen LogP contribution < -0.4 is 0 Å². The molecule has 28 heavy (non-hydrogen) atoms. The molecule has 6 heteroatoms. The summed E-state index contributed by atoms with van der Waals surface area (Å²) >= 11 is 0. The standard InChI is InChI=1S/C22H38O6/c1-3-5-6-9-16(23)12-13-18-19(21(26)15-20(18)25)14-17(24)10-7-8-11-22(27)28-4-2/h8,11-13,16-21,23-26H,3-7,9-10,14-15H2,1-2H3/t16?,17?,18-,19-,20?,21?/m1/s1. The Hall–Kier alpha value is -1.21. The number of aliphatic hydroxyl groups excluding tert-OH is 4. The van der Waals surface area contributed by atoms with Gasteiger partial charge in [0.25, 0.3) is 0 Å². The molecule has 0 spiro atoms. The third-order valence-electron chi connectivity index (χ3n) is 5.33. The Balaban J connectivity index is 2.50. The Labute approximate surface area is 168 Å². The van der Waals surface area contributed by atoms with Crippen LogP contribution in [0.3, 0.4) is 0 Å². The number of carbonyl (C=O) groups is 1. The van der Waals surface area contributed by atoms with E-state index in [1.807, 2.05) is 0 Å². The monoisotopic (exact) mass is 398 g/mol. The summed E-state index contributed by atoms with van der Waals surface area (Å²) in [6, 6.07) is 0. The molecule has 1 rings (SSSR count). The molecule has 6 atom stereocenters. The molecule has 0 aromatic rings. The maximum atomic E-state index is 11.2. The van der Waals surface area contributed by atoms with E-state index in [2.05, 4.69) is 6.92 Å². The molecular formula is C22H38O6. The molecule has 6 nitrogen and oxygen atoms in total. The summed E-state index contributed by atoms with van der Waals surface area (Å²) in [5.41, 5.74) is 0. The topological polar surface area (TPSA) is 107 Å². The summed E-state index contributed by atoms with van der Waals surface area (Å²) in [6.45, 7) is 4.18. The molecule has 0 heterocycles. The molecular weight excluding hydrogens is 360 g/mol. The maximum absolute atomic E-state index is 11.2. The highest BCUT2D eigenvalue weighted by molar-refractivity contribution is 5.81. The van der Waals surface area contributed by atoms with E-state index in [9.17, 15) is 25.2 Å². The molecule has 0 aromatic carbocycles. The highest BCUT2D eigenvalue weighted by Crippen LogP contribution is 2.37. The first kappa shape index (κ1) is 24.8. The van der Waals surface area contributed by atoms with Gasteiger partial charge in [0.15, 0.2) is 0 Å². The van der Waals surface area contributed by atoms with Crippen molar-refractivity contribution in [2.45, 2.75) is 89.6 Å². The van der Waals surface area contributed by atoms with E-state index in [4.69, 9.17) is 4.74 Å². The lowest BCUT2D eigenvalue weighted by molar-refractivity contribution is -0.137. The van der Waals surface area contributed by atoms with Gasteiger partial charge in [0.05, 0.1) is 31.0 Å². The largest absolute Gasteiger partial charge is 0.463 e. The summed E-state index contributed by atoms with van der Waals surface area (Å²) < 4.78 is 4.80. The van der Waals surface area contributed by atoms with E-state index in [-0.39, 0.29) is 18.3 Å². The molecule has 1 fully saturated rings. The maximum Gasteiger partial charge on any atom is 0.330 e. The number of allylic oxidation sites excluding steroid dienone is 1. The van der Waals surface area contributed by atoms with Crippen LogP contribution in [0.4, 0.5) is 0 Å². The summed E-state index contributed by atoms with van der Waals surface area (Å²) in [6.07, 6.45) is 9.47. The molecule has 0 saturated heterocycles. The Morgan fingerprint density at radius 3 is 2.57 bits per heavy atom. The predicted molar refractivity (Wildman–Crippen MR) is 109 cm³/mol. The van der Waals surface area contributed by atoms with Crippen LogP contribution in [0.5, 0.6) is 0 Å².